The lowest BCUT2D eigenvalue weighted by molar-refractivity contribution is -0.0871. The zero-order valence-electron chi connectivity index (χ0n) is 12.8. The minimum absolute atomic E-state index is 0.164. The first-order valence-corrected chi connectivity index (χ1v) is 7.34. The van der Waals surface area contributed by atoms with Crippen LogP contribution in [0, 0.1) is 11.8 Å². The zero-order valence-corrected chi connectivity index (χ0v) is 12.8. The van der Waals surface area contributed by atoms with Crippen molar-refractivity contribution in [2.75, 3.05) is 21.0 Å². The van der Waals surface area contributed by atoms with E-state index in [1.165, 1.54) is 5.56 Å². The van der Waals surface area contributed by atoms with Crippen molar-refractivity contribution in [3.63, 3.8) is 0 Å². The van der Waals surface area contributed by atoms with Crippen LogP contribution in [-0.2, 0) is 9.47 Å². The minimum atomic E-state index is 0.164. The molecule has 1 aromatic rings. The van der Waals surface area contributed by atoms with Gasteiger partial charge in [-0.05, 0) is 30.5 Å². The van der Waals surface area contributed by atoms with E-state index in [4.69, 9.17) is 14.2 Å². The maximum Gasteiger partial charge on any atom is 0.146 e. The van der Waals surface area contributed by atoms with Crippen molar-refractivity contribution >= 4 is 6.08 Å². The molecule has 3 atom stereocenters. The van der Waals surface area contributed by atoms with Crippen LogP contribution in [0.25, 0.3) is 6.08 Å². The molecule has 0 aliphatic heterocycles. The Bertz CT molecular complexity index is 464. The highest BCUT2D eigenvalue weighted by Gasteiger charge is 2.33. The average Bonchev–Trinajstić information content (AvgIpc) is 2.93. The normalized spacial score (nSPS) is 25.3. The maximum absolute atomic E-state index is 5.83. The van der Waals surface area contributed by atoms with Gasteiger partial charge in [-0.1, -0.05) is 30.4 Å². The smallest absolute Gasteiger partial charge is 0.146 e. The van der Waals surface area contributed by atoms with Gasteiger partial charge >= 0.3 is 0 Å². The third-order valence-corrected chi connectivity index (χ3v) is 4.01. The fraction of sp³-hybridized carbons (Fsp3) is 0.444. The first-order valence-electron chi connectivity index (χ1n) is 7.34. The molecular formula is C18H24O3. The van der Waals surface area contributed by atoms with Crippen molar-refractivity contribution in [1.82, 2.24) is 0 Å². The summed E-state index contributed by atoms with van der Waals surface area (Å²) in [7, 11) is 3.33. The molecule has 3 nitrogen and oxygen atoms in total. The van der Waals surface area contributed by atoms with Gasteiger partial charge in [-0.25, -0.2) is 0 Å². The Morgan fingerprint density at radius 3 is 2.48 bits per heavy atom. The highest BCUT2D eigenvalue weighted by molar-refractivity contribution is 5.51. The molecule has 1 fully saturated rings. The van der Waals surface area contributed by atoms with Crippen LogP contribution in [0.15, 0.2) is 43.0 Å². The Kier molecular flexibility index (Phi) is 6.03. The van der Waals surface area contributed by atoms with E-state index in [1.807, 2.05) is 18.2 Å². The molecule has 0 radical (unpaired) electrons. The van der Waals surface area contributed by atoms with Gasteiger partial charge in [0.15, 0.2) is 0 Å². The molecular weight excluding hydrogens is 264 g/mol. The van der Waals surface area contributed by atoms with E-state index in [-0.39, 0.29) is 6.10 Å². The van der Waals surface area contributed by atoms with E-state index in [1.54, 1.807) is 14.2 Å². The summed E-state index contributed by atoms with van der Waals surface area (Å²) in [5, 5.41) is 0. The average molecular weight is 288 g/mol. The predicted molar refractivity (Wildman–Crippen MR) is 85.2 cm³/mol. The van der Waals surface area contributed by atoms with Crippen molar-refractivity contribution in [3.05, 3.63) is 48.6 Å². The minimum Gasteiger partial charge on any atom is -0.497 e. The number of rotatable bonds is 7. The van der Waals surface area contributed by atoms with Crippen LogP contribution in [0.1, 0.15) is 18.4 Å². The van der Waals surface area contributed by atoms with E-state index in [0.29, 0.717) is 18.6 Å². The molecule has 1 aliphatic carbocycles. The molecule has 3 heteroatoms. The van der Waals surface area contributed by atoms with E-state index in [0.717, 1.165) is 18.6 Å². The van der Waals surface area contributed by atoms with Crippen molar-refractivity contribution in [1.29, 1.82) is 0 Å². The molecule has 114 valence electrons. The maximum atomic E-state index is 5.83. The molecule has 0 bridgehead atoms. The van der Waals surface area contributed by atoms with Gasteiger partial charge < -0.3 is 14.2 Å². The topological polar surface area (TPSA) is 27.7 Å². The Morgan fingerprint density at radius 1 is 1.14 bits per heavy atom. The van der Waals surface area contributed by atoms with E-state index in [2.05, 4.69) is 30.9 Å². The molecule has 21 heavy (non-hydrogen) atoms. The third-order valence-electron chi connectivity index (χ3n) is 4.01. The second-order valence-corrected chi connectivity index (χ2v) is 5.31. The van der Waals surface area contributed by atoms with Crippen LogP contribution in [0.3, 0.4) is 0 Å². The molecule has 0 unspecified atom stereocenters. The summed E-state index contributed by atoms with van der Waals surface area (Å²) in [6, 6.07) is 8.06. The zero-order chi connectivity index (χ0) is 15.1. The van der Waals surface area contributed by atoms with Crippen LogP contribution < -0.4 is 4.74 Å². The molecule has 0 heterocycles. The molecule has 0 amide bonds. The Hall–Kier alpha value is -1.58. The molecule has 2 rings (SSSR count). The van der Waals surface area contributed by atoms with Crippen molar-refractivity contribution in [2.24, 2.45) is 11.8 Å². The van der Waals surface area contributed by atoms with Gasteiger partial charge in [0.2, 0.25) is 0 Å². The second kappa shape index (κ2) is 8.01. The van der Waals surface area contributed by atoms with Crippen molar-refractivity contribution in [3.8, 4) is 5.75 Å². The molecule has 0 spiro atoms. The van der Waals surface area contributed by atoms with Crippen molar-refractivity contribution < 1.29 is 14.2 Å². The van der Waals surface area contributed by atoms with Crippen LogP contribution >= 0.6 is 0 Å². The largest absolute Gasteiger partial charge is 0.497 e. The summed E-state index contributed by atoms with van der Waals surface area (Å²) in [5.41, 5.74) is 1.17. The van der Waals surface area contributed by atoms with Gasteiger partial charge in [-0.2, -0.15) is 0 Å². The Morgan fingerprint density at radius 2 is 1.86 bits per heavy atom. The summed E-state index contributed by atoms with van der Waals surface area (Å²) >= 11 is 0. The highest BCUT2D eigenvalue weighted by Crippen LogP contribution is 2.35. The summed E-state index contributed by atoms with van der Waals surface area (Å²) in [6.45, 7) is 4.25. The molecule has 1 saturated carbocycles. The van der Waals surface area contributed by atoms with Crippen LogP contribution in [0.5, 0.6) is 5.75 Å². The number of hydrogen-bond donors (Lipinski definition) is 0. The molecule has 0 N–H and O–H groups in total. The monoisotopic (exact) mass is 288 g/mol. The van der Waals surface area contributed by atoms with E-state index in [9.17, 15) is 0 Å². The standard InChI is InChI=1S/C18H24O3/c1-4-15-9-10-16(18(15)21-13-19-2)8-5-14-6-11-17(20-3)12-7-14/h4-8,11-12,15-16,18H,1,9-10,13H2,2-3H3/b8-5+/t15-,16+,18-/m0/s1. The SMILES string of the molecule is C=C[C@H]1CC[C@@H](/C=C/c2ccc(OC)cc2)[C@H]1OCOC. The van der Waals surface area contributed by atoms with Gasteiger partial charge in [-0.15, -0.1) is 6.58 Å². The molecule has 1 aromatic carbocycles. The van der Waals surface area contributed by atoms with Crippen LogP contribution in [0.4, 0.5) is 0 Å². The lowest BCUT2D eigenvalue weighted by Gasteiger charge is -2.21. The predicted octanol–water partition coefficient (Wildman–Crippen LogP) is 3.91. The van der Waals surface area contributed by atoms with Gasteiger partial charge in [0.05, 0.1) is 13.2 Å². The van der Waals surface area contributed by atoms with Crippen molar-refractivity contribution in [2.45, 2.75) is 18.9 Å². The number of methoxy groups -OCH3 is 2. The number of benzene rings is 1. The third kappa shape index (κ3) is 4.19. The van der Waals surface area contributed by atoms with Gasteiger partial charge in [0.25, 0.3) is 0 Å². The van der Waals surface area contributed by atoms with Gasteiger partial charge in [0, 0.05) is 18.9 Å². The summed E-state index contributed by atoms with van der Waals surface area (Å²) < 4.78 is 16.0. The fourth-order valence-electron chi connectivity index (χ4n) is 2.83. The number of ether oxygens (including phenoxy) is 3. The Labute approximate surface area is 127 Å². The first kappa shape index (κ1) is 15.8. The van der Waals surface area contributed by atoms with Crippen LogP contribution in [0.2, 0.25) is 0 Å². The van der Waals surface area contributed by atoms with Gasteiger partial charge in [-0.3, -0.25) is 0 Å². The quantitative estimate of drug-likeness (QED) is 0.562. The summed E-state index contributed by atoms with van der Waals surface area (Å²) in [5.74, 6) is 1.69. The lowest BCUT2D eigenvalue weighted by Crippen LogP contribution is -2.24. The Balaban J connectivity index is 2.01. The van der Waals surface area contributed by atoms with E-state index >= 15 is 0 Å². The highest BCUT2D eigenvalue weighted by atomic mass is 16.7. The number of hydrogen-bond acceptors (Lipinski definition) is 3. The van der Waals surface area contributed by atoms with Gasteiger partial charge in [0.1, 0.15) is 12.5 Å². The van der Waals surface area contributed by atoms with E-state index < -0.39 is 0 Å². The second-order valence-electron chi connectivity index (χ2n) is 5.31. The first-order chi connectivity index (χ1) is 10.3. The molecule has 0 aromatic heterocycles. The molecule has 0 saturated heterocycles. The lowest BCUT2D eigenvalue weighted by atomic mass is 9.99. The summed E-state index contributed by atoms with van der Waals surface area (Å²) in [4.78, 5) is 0. The molecule has 1 aliphatic rings. The summed E-state index contributed by atoms with van der Waals surface area (Å²) in [6.07, 6.45) is 8.80. The van der Waals surface area contributed by atoms with Crippen LogP contribution in [-0.4, -0.2) is 27.1 Å². The fourth-order valence-corrected chi connectivity index (χ4v) is 2.83.